The van der Waals surface area contributed by atoms with Crippen LogP contribution in [-0.4, -0.2) is 13.7 Å². The first-order chi connectivity index (χ1) is 10.2. The highest BCUT2D eigenvalue weighted by atomic mass is 19.1. The van der Waals surface area contributed by atoms with Gasteiger partial charge in [-0.3, -0.25) is 0 Å². The predicted octanol–water partition coefficient (Wildman–Crippen LogP) is 3.11. The van der Waals surface area contributed by atoms with Gasteiger partial charge in [0, 0.05) is 12.1 Å². The predicted molar refractivity (Wildman–Crippen MR) is 77.9 cm³/mol. The van der Waals surface area contributed by atoms with Crippen molar-refractivity contribution in [2.45, 2.75) is 6.54 Å². The van der Waals surface area contributed by atoms with Crippen LogP contribution >= 0.6 is 0 Å². The Morgan fingerprint density at radius 2 is 1.76 bits per heavy atom. The summed E-state index contributed by atoms with van der Waals surface area (Å²) in [7, 11) is 1.71. The Morgan fingerprint density at radius 1 is 1.10 bits per heavy atom. The zero-order valence-electron chi connectivity index (χ0n) is 11.6. The highest BCUT2D eigenvalue weighted by Crippen LogP contribution is 2.23. The maximum atomic E-state index is 13.7. The molecule has 1 N–H and O–H groups in total. The maximum Gasteiger partial charge on any atom is 0.192 e. The van der Waals surface area contributed by atoms with Crippen LogP contribution in [0.4, 0.5) is 8.78 Å². The average Bonchev–Trinajstić information content (AvgIpc) is 2.47. The smallest absolute Gasteiger partial charge is 0.192 e. The monoisotopic (exact) mass is 287 g/mol. The Bertz CT molecular complexity index is 636. The lowest BCUT2D eigenvalue weighted by Crippen LogP contribution is -2.07. The van der Waals surface area contributed by atoms with Gasteiger partial charge in [-0.25, -0.2) is 8.78 Å². The molecular formula is C17H15F2NO. The van der Waals surface area contributed by atoms with Gasteiger partial charge in [0.2, 0.25) is 0 Å². The standard InChI is InChI=1S/C17H15F2NO/c1-20-12-14-10-15(18)17(16(19)11-14)21-9-5-8-13-6-3-2-4-7-13/h2-4,6-7,10-11,20H,9,12H2,1H3. The van der Waals surface area contributed by atoms with Gasteiger partial charge in [0.1, 0.15) is 6.61 Å². The van der Waals surface area contributed by atoms with Crippen molar-refractivity contribution < 1.29 is 13.5 Å². The molecule has 0 fully saturated rings. The molecule has 0 saturated carbocycles. The van der Waals surface area contributed by atoms with Crippen LogP contribution < -0.4 is 10.1 Å². The molecule has 2 nitrogen and oxygen atoms in total. The molecule has 21 heavy (non-hydrogen) atoms. The molecule has 0 saturated heterocycles. The van der Waals surface area contributed by atoms with Gasteiger partial charge in [0.25, 0.3) is 0 Å². The van der Waals surface area contributed by atoms with E-state index in [1.807, 2.05) is 30.3 Å². The number of benzene rings is 2. The van der Waals surface area contributed by atoms with Crippen molar-refractivity contribution >= 4 is 0 Å². The zero-order valence-corrected chi connectivity index (χ0v) is 11.6. The summed E-state index contributed by atoms with van der Waals surface area (Å²) in [6.45, 7) is 0.316. The van der Waals surface area contributed by atoms with E-state index in [2.05, 4.69) is 17.2 Å². The third-order valence-corrected chi connectivity index (χ3v) is 2.73. The summed E-state index contributed by atoms with van der Waals surface area (Å²) >= 11 is 0. The molecule has 0 atom stereocenters. The van der Waals surface area contributed by atoms with E-state index in [-0.39, 0.29) is 6.61 Å². The van der Waals surface area contributed by atoms with E-state index in [4.69, 9.17) is 4.74 Å². The second-order valence-corrected chi connectivity index (χ2v) is 4.38. The molecule has 0 radical (unpaired) electrons. The maximum absolute atomic E-state index is 13.7. The van der Waals surface area contributed by atoms with E-state index in [1.165, 1.54) is 12.1 Å². The van der Waals surface area contributed by atoms with Crippen molar-refractivity contribution in [1.29, 1.82) is 0 Å². The minimum atomic E-state index is -0.721. The average molecular weight is 287 g/mol. The van der Waals surface area contributed by atoms with Crippen molar-refractivity contribution in [3.05, 3.63) is 65.2 Å². The minimum absolute atomic E-state index is 0.0753. The number of rotatable bonds is 4. The highest BCUT2D eigenvalue weighted by Gasteiger charge is 2.11. The third-order valence-electron chi connectivity index (χ3n) is 2.73. The van der Waals surface area contributed by atoms with Crippen molar-refractivity contribution in [3.8, 4) is 17.6 Å². The van der Waals surface area contributed by atoms with Crippen molar-refractivity contribution in [2.24, 2.45) is 0 Å². The fourth-order valence-corrected chi connectivity index (χ4v) is 1.82. The molecule has 2 aromatic carbocycles. The number of hydrogen-bond acceptors (Lipinski definition) is 2. The Balaban J connectivity index is 2.02. The van der Waals surface area contributed by atoms with Crippen LogP contribution in [0.3, 0.4) is 0 Å². The van der Waals surface area contributed by atoms with E-state index in [0.29, 0.717) is 12.1 Å². The molecule has 0 unspecified atom stereocenters. The molecule has 4 heteroatoms. The summed E-state index contributed by atoms with van der Waals surface area (Å²) in [6, 6.07) is 11.8. The molecule has 0 aromatic heterocycles. The van der Waals surface area contributed by atoms with Crippen molar-refractivity contribution in [3.63, 3.8) is 0 Å². The summed E-state index contributed by atoms with van der Waals surface area (Å²) in [5, 5.41) is 2.83. The van der Waals surface area contributed by atoms with Crippen molar-refractivity contribution in [1.82, 2.24) is 5.32 Å². The van der Waals surface area contributed by atoms with Gasteiger partial charge in [-0.15, -0.1) is 0 Å². The molecule has 0 spiro atoms. The first kappa shape index (κ1) is 15.0. The normalized spacial score (nSPS) is 9.86. The zero-order chi connectivity index (χ0) is 15.1. The van der Waals surface area contributed by atoms with Gasteiger partial charge in [-0.1, -0.05) is 30.0 Å². The van der Waals surface area contributed by atoms with E-state index >= 15 is 0 Å². The molecule has 2 aromatic rings. The van der Waals surface area contributed by atoms with Crippen LogP contribution in [0.2, 0.25) is 0 Å². The first-order valence-corrected chi connectivity index (χ1v) is 6.50. The van der Waals surface area contributed by atoms with Gasteiger partial charge >= 0.3 is 0 Å². The Labute approximate surface area is 122 Å². The molecule has 0 aliphatic heterocycles. The molecule has 108 valence electrons. The first-order valence-electron chi connectivity index (χ1n) is 6.50. The van der Waals surface area contributed by atoms with Gasteiger partial charge in [0.15, 0.2) is 17.4 Å². The summed E-state index contributed by atoms with van der Waals surface area (Å²) < 4.78 is 32.6. The molecule has 0 bridgehead atoms. The van der Waals surface area contributed by atoms with Crippen LogP contribution in [0.5, 0.6) is 5.75 Å². The van der Waals surface area contributed by atoms with E-state index in [1.54, 1.807) is 7.05 Å². The molecule has 0 aliphatic rings. The lowest BCUT2D eigenvalue weighted by Gasteiger charge is -2.07. The third kappa shape index (κ3) is 4.30. The van der Waals surface area contributed by atoms with E-state index in [0.717, 1.165) is 5.56 Å². The fourth-order valence-electron chi connectivity index (χ4n) is 1.82. The number of hydrogen-bond donors (Lipinski definition) is 1. The van der Waals surface area contributed by atoms with Crippen LogP contribution in [0, 0.1) is 23.5 Å². The number of ether oxygens (including phenoxy) is 1. The summed E-state index contributed by atoms with van der Waals surface area (Å²) in [5.41, 5.74) is 1.35. The highest BCUT2D eigenvalue weighted by molar-refractivity contribution is 5.35. The molecule has 0 aliphatic carbocycles. The summed E-state index contributed by atoms with van der Waals surface area (Å²) in [6.07, 6.45) is 0. The Kier molecular flexibility index (Phi) is 5.30. The van der Waals surface area contributed by atoms with Crippen LogP contribution in [0.1, 0.15) is 11.1 Å². The van der Waals surface area contributed by atoms with Crippen LogP contribution in [0.25, 0.3) is 0 Å². The molecule has 2 rings (SSSR count). The lowest BCUT2D eigenvalue weighted by molar-refractivity contribution is 0.325. The largest absolute Gasteiger partial charge is 0.475 e. The topological polar surface area (TPSA) is 21.3 Å². The second-order valence-electron chi connectivity index (χ2n) is 4.38. The van der Waals surface area contributed by atoms with Gasteiger partial charge in [0.05, 0.1) is 0 Å². The van der Waals surface area contributed by atoms with Gasteiger partial charge in [-0.05, 0) is 36.9 Å². The lowest BCUT2D eigenvalue weighted by atomic mass is 10.2. The van der Waals surface area contributed by atoms with Crippen LogP contribution in [0.15, 0.2) is 42.5 Å². The molecule has 0 amide bonds. The quantitative estimate of drug-likeness (QED) is 0.872. The Hall–Kier alpha value is -2.38. The van der Waals surface area contributed by atoms with E-state index < -0.39 is 17.4 Å². The molecular weight excluding hydrogens is 272 g/mol. The van der Waals surface area contributed by atoms with E-state index in [9.17, 15) is 8.78 Å². The van der Waals surface area contributed by atoms with Gasteiger partial charge in [-0.2, -0.15) is 0 Å². The number of halogens is 2. The summed E-state index contributed by atoms with van der Waals surface area (Å²) in [4.78, 5) is 0. The second kappa shape index (κ2) is 7.41. The number of nitrogens with one attached hydrogen (secondary N) is 1. The Morgan fingerprint density at radius 3 is 2.38 bits per heavy atom. The minimum Gasteiger partial charge on any atom is -0.475 e. The van der Waals surface area contributed by atoms with Crippen molar-refractivity contribution in [2.75, 3.05) is 13.7 Å². The summed E-state index contributed by atoms with van der Waals surface area (Å²) in [5.74, 6) is 3.75. The molecule has 0 heterocycles. The fraction of sp³-hybridized carbons (Fsp3) is 0.176. The van der Waals surface area contributed by atoms with Crippen LogP contribution in [-0.2, 0) is 6.54 Å². The SMILES string of the molecule is CNCc1cc(F)c(OCC#Cc2ccccc2)c(F)c1. The van der Waals surface area contributed by atoms with Gasteiger partial charge < -0.3 is 10.1 Å².